The smallest absolute Gasteiger partial charge is 0.408 e. The van der Waals surface area contributed by atoms with Gasteiger partial charge in [-0.05, 0) is 24.6 Å². The molecule has 7 heteroatoms. The Kier molecular flexibility index (Phi) is 4.41. The van der Waals surface area contributed by atoms with Gasteiger partial charge in [-0.3, -0.25) is 9.36 Å². The van der Waals surface area contributed by atoms with Gasteiger partial charge in [-0.1, -0.05) is 0 Å². The van der Waals surface area contributed by atoms with E-state index < -0.39 is 5.76 Å². The second-order valence-corrected chi connectivity index (χ2v) is 4.38. The van der Waals surface area contributed by atoms with Crippen molar-refractivity contribution in [3.8, 4) is 0 Å². The Balaban J connectivity index is 2.09. The van der Waals surface area contributed by atoms with E-state index in [9.17, 15) is 9.59 Å². The van der Waals surface area contributed by atoms with E-state index in [1.165, 1.54) is 4.57 Å². The topological polar surface area (TPSA) is 99.5 Å². The number of nitrogens with one attached hydrogen (secondary N) is 1. The Morgan fingerprint density at radius 3 is 3.05 bits per heavy atom. The molecule has 20 heavy (non-hydrogen) atoms. The van der Waals surface area contributed by atoms with Gasteiger partial charge in [-0.2, -0.15) is 0 Å². The Labute approximate surface area is 115 Å². The number of hydrogen-bond donors (Lipinski definition) is 2. The molecule has 0 saturated carbocycles. The lowest BCUT2D eigenvalue weighted by molar-refractivity contribution is -0.121. The predicted octanol–water partition coefficient (Wildman–Crippen LogP) is 0.329. The van der Waals surface area contributed by atoms with Crippen LogP contribution in [0, 0.1) is 0 Å². The Morgan fingerprint density at radius 2 is 2.30 bits per heavy atom. The maximum atomic E-state index is 11.8. The molecular weight excluding hydrogens is 262 g/mol. The number of nitrogens with two attached hydrogens (primary N) is 1. The largest absolute Gasteiger partial charge is 0.420 e. The molecule has 0 fully saturated rings. The van der Waals surface area contributed by atoms with Crippen LogP contribution in [0.2, 0.25) is 0 Å². The SMILES string of the molecule is COCCCNC(=O)Cn1c(=O)oc2ccc(N)cc21. The summed E-state index contributed by atoms with van der Waals surface area (Å²) >= 11 is 0. The number of amides is 1. The lowest BCUT2D eigenvalue weighted by atomic mass is 10.3. The monoisotopic (exact) mass is 279 g/mol. The van der Waals surface area contributed by atoms with E-state index in [0.717, 1.165) is 6.42 Å². The quantitative estimate of drug-likeness (QED) is 0.586. The lowest BCUT2D eigenvalue weighted by Crippen LogP contribution is -2.31. The van der Waals surface area contributed by atoms with Crippen LogP contribution in [0.25, 0.3) is 11.1 Å². The number of methoxy groups -OCH3 is 1. The summed E-state index contributed by atoms with van der Waals surface area (Å²) < 4.78 is 11.2. The summed E-state index contributed by atoms with van der Waals surface area (Å²) in [5.74, 6) is -0.828. The minimum Gasteiger partial charge on any atom is -0.408 e. The van der Waals surface area contributed by atoms with Crippen molar-refractivity contribution in [2.45, 2.75) is 13.0 Å². The summed E-state index contributed by atoms with van der Waals surface area (Å²) in [7, 11) is 1.60. The third kappa shape index (κ3) is 3.18. The third-order valence-corrected chi connectivity index (χ3v) is 2.84. The van der Waals surface area contributed by atoms with Gasteiger partial charge >= 0.3 is 5.76 Å². The zero-order valence-corrected chi connectivity index (χ0v) is 11.2. The first-order chi connectivity index (χ1) is 9.61. The number of carbonyl (C=O) groups excluding carboxylic acids is 1. The molecule has 108 valence electrons. The fourth-order valence-corrected chi connectivity index (χ4v) is 1.87. The third-order valence-electron chi connectivity index (χ3n) is 2.84. The van der Waals surface area contributed by atoms with E-state index in [1.54, 1.807) is 25.3 Å². The summed E-state index contributed by atoms with van der Waals surface area (Å²) in [5, 5.41) is 2.71. The zero-order valence-electron chi connectivity index (χ0n) is 11.2. The molecule has 7 nitrogen and oxygen atoms in total. The molecular formula is C13H17N3O4. The fourth-order valence-electron chi connectivity index (χ4n) is 1.87. The summed E-state index contributed by atoms with van der Waals surface area (Å²) in [6.45, 7) is 0.979. The van der Waals surface area contributed by atoms with Crippen LogP contribution in [0.1, 0.15) is 6.42 Å². The minimum absolute atomic E-state index is 0.0950. The first kappa shape index (κ1) is 14.1. The van der Waals surface area contributed by atoms with Crippen molar-refractivity contribution in [2.75, 3.05) is 26.0 Å². The zero-order chi connectivity index (χ0) is 14.5. The van der Waals surface area contributed by atoms with E-state index >= 15 is 0 Å². The minimum atomic E-state index is -0.572. The first-order valence-corrected chi connectivity index (χ1v) is 6.26. The average molecular weight is 279 g/mol. The van der Waals surface area contributed by atoms with E-state index in [2.05, 4.69) is 5.32 Å². The molecule has 0 atom stereocenters. The van der Waals surface area contributed by atoms with Gasteiger partial charge in [0.05, 0.1) is 5.52 Å². The molecule has 0 saturated heterocycles. The van der Waals surface area contributed by atoms with Gasteiger partial charge in [0.2, 0.25) is 5.91 Å². The number of ether oxygens (including phenoxy) is 1. The van der Waals surface area contributed by atoms with Crippen LogP contribution in [0.15, 0.2) is 27.4 Å². The Hall–Kier alpha value is -2.28. The number of hydrogen-bond acceptors (Lipinski definition) is 5. The van der Waals surface area contributed by atoms with E-state index in [-0.39, 0.29) is 12.5 Å². The van der Waals surface area contributed by atoms with E-state index in [0.29, 0.717) is 29.9 Å². The number of fused-ring (bicyclic) bond motifs is 1. The summed E-state index contributed by atoms with van der Waals surface area (Å²) in [6, 6.07) is 4.86. The van der Waals surface area contributed by atoms with Crippen molar-refractivity contribution < 1.29 is 13.9 Å². The molecule has 2 rings (SSSR count). The molecule has 1 amide bonds. The van der Waals surface area contributed by atoms with Crippen LogP contribution in [-0.4, -0.2) is 30.7 Å². The molecule has 0 bridgehead atoms. The molecule has 3 N–H and O–H groups in total. The van der Waals surface area contributed by atoms with Crippen LogP contribution >= 0.6 is 0 Å². The predicted molar refractivity (Wildman–Crippen MR) is 74.4 cm³/mol. The number of oxazole rings is 1. The lowest BCUT2D eigenvalue weighted by Gasteiger charge is -2.05. The number of benzene rings is 1. The van der Waals surface area contributed by atoms with Gasteiger partial charge in [0.1, 0.15) is 6.54 Å². The first-order valence-electron chi connectivity index (χ1n) is 6.26. The summed E-state index contributed by atoms with van der Waals surface area (Å²) in [4.78, 5) is 23.5. The highest BCUT2D eigenvalue weighted by Crippen LogP contribution is 2.15. The Morgan fingerprint density at radius 1 is 1.50 bits per heavy atom. The molecule has 2 aromatic rings. The maximum Gasteiger partial charge on any atom is 0.420 e. The van der Waals surface area contributed by atoms with Gasteiger partial charge in [0, 0.05) is 25.9 Å². The molecule has 1 aromatic heterocycles. The number of carbonyl (C=O) groups is 1. The van der Waals surface area contributed by atoms with Crippen LogP contribution < -0.4 is 16.8 Å². The highest BCUT2D eigenvalue weighted by Gasteiger charge is 2.12. The number of anilines is 1. The van der Waals surface area contributed by atoms with Gasteiger partial charge in [0.15, 0.2) is 5.58 Å². The second-order valence-electron chi connectivity index (χ2n) is 4.38. The van der Waals surface area contributed by atoms with Crippen LogP contribution in [0.4, 0.5) is 5.69 Å². The van der Waals surface area contributed by atoms with Crippen LogP contribution in [-0.2, 0) is 16.1 Å². The van der Waals surface area contributed by atoms with E-state index in [1.807, 2.05) is 0 Å². The highest BCUT2D eigenvalue weighted by atomic mass is 16.5. The van der Waals surface area contributed by atoms with Crippen LogP contribution in [0.5, 0.6) is 0 Å². The molecule has 0 aliphatic heterocycles. The Bertz CT molecular complexity index is 659. The summed E-state index contributed by atoms with van der Waals surface area (Å²) in [6.07, 6.45) is 0.718. The summed E-state index contributed by atoms with van der Waals surface area (Å²) in [5.41, 5.74) is 7.11. The molecule has 0 aliphatic rings. The second kappa shape index (κ2) is 6.25. The molecule has 1 aromatic carbocycles. The van der Waals surface area contributed by atoms with Gasteiger partial charge in [-0.15, -0.1) is 0 Å². The number of aromatic nitrogens is 1. The molecule has 0 radical (unpaired) electrons. The van der Waals surface area contributed by atoms with Crippen LogP contribution in [0.3, 0.4) is 0 Å². The van der Waals surface area contributed by atoms with Crippen molar-refractivity contribution in [1.29, 1.82) is 0 Å². The average Bonchev–Trinajstić information content (AvgIpc) is 2.71. The normalized spacial score (nSPS) is 10.8. The van der Waals surface area contributed by atoms with Gasteiger partial charge < -0.3 is 20.2 Å². The number of rotatable bonds is 6. The van der Waals surface area contributed by atoms with Crippen molar-refractivity contribution in [3.05, 3.63) is 28.7 Å². The van der Waals surface area contributed by atoms with Crippen molar-refractivity contribution in [1.82, 2.24) is 9.88 Å². The van der Waals surface area contributed by atoms with E-state index in [4.69, 9.17) is 14.9 Å². The fraction of sp³-hybridized carbons (Fsp3) is 0.385. The van der Waals surface area contributed by atoms with Crippen molar-refractivity contribution >= 4 is 22.7 Å². The molecule has 0 unspecified atom stereocenters. The van der Waals surface area contributed by atoms with Crippen molar-refractivity contribution in [2.24, 2.45) is 0 Å². The standard InChI is InChI=1S/C13H17N3O4/c1-19-6-2-5-15-12(17)8-16-10-7-9(14)3-4-11(10)20-13(16)18/h3-4,7H,2,5-6,8,14H2,1H3,(H,15,17). The van der Waals surface area contributed by atoms with Gasteiger partial charge in [0.25, 0.3) is 0 Å². The maximum absolute atomic E-state index is 11.8. The number of nitrogen functional groups attached to an aromatic ring is 1. The van der Waals surface area contributed by atoms with Crippen molar-refractivity contribution in [3.63, 3.8) is 0 Å². The molecule has 1 heterocycles. The molecule has 0 aliphatic carbocycles. The number of nitrogens with zero attached hydrogens (tertiary/aromatic N) is 1. The highest BCUT2D eigenvalue weighted by molar-refractivity contribution is 5.81. The molecule has 0 spiro atoms. The van der Waals surface area contributed by atoms with Gasteiger partial charge in [-0.25, -0.2) is 4.79 Å².